The normalized spacial score (nSPS) is 10.4. The van der Waals surface area contributed by atoms with Crippen molar-refractivity contribution >= 4 is 21.7 Å². The third-order valence-electron chi connectivity index (χ3n) is 2.95. The van der Waals surface area contributed by atoms with Gasteiger partial charge in [-0.1, -0.05) is 28.1 Å². The minimum Gasteiger partial charge on any atom is -0.488 e. The lowest BCUT2D eigenvalue weighted by Crippen LogP contribution is -2.03. The summed E-state index contributed by atoms with van der Waals surface area (Å²) in [5.74, 6) is -0.194. The summed E-state index contributed by atoms with van der Waals surface area (Å²) in [7, 11) is 0. The molecule has 0 radical (unpaired) electrons. The van der Waals surface area contributed by atoms with Crippen molar-refractivity contribution in [2.75, 3.05) is 0 Å². The fourth-order valence-corrected chi connectivity index (χ4v) is 2.06. The molecule has 0 N–H and O–H groups in total. The molecule has 0 bridgehead atoms. The summed E-state index contributed by atoms with van der Waals surface area (Å²) in [6.45, 7) is 3.38. The zero-order valence-corrected chi connectivity index (χ0v) is 12.8. The first kappa shape index (κ1) is 14.7. The SMILES string of the molecule is CC(=O)c1cc(F)c(C)cc1OCc1ccc(Br)cc1. The van der Waals surface area contributed by atoms with Crippen molar-refractivity contribution in [3.8, 4) is 5.75 Å². The Balaban J connectivity index is 2.22. The lowest BCUT2D eigenvalue weighted by molar-refractivity contribution is 0.101. The maximum atomic E-state index is 13.5. The van der Waals surface area contributed by atoms with Gasteiger partial charge in [-0.3, -0.25) is 4.79 Å². The Labute approximate surface area is 125 Å². The smallest absolute Gasteiger partial charge is 0.163 e. The quantitative estimate of drug-likeness (QED) is 0.758. The van der Waals surface area contributed by atoms with Gasteiger partial charge < -0.3 is 4.74 Å². The van der Waals surface area contributed by atoms with Crippen LogP contribution in [0.3, 0.4) is 0 Å². The van der Waals surface area contributed by atoms with Crippen LogP contribution in [0.25, 0.3) is 0 Å². The van der Waals surface area contributed by atoms with Gasteiger partial charge in [0.1, 0.15) is 18.2 Å². The number of Topliss-reactive ketones (excluding diaryl/α,β-unsaturated/α-hetero) is 1. The third kappa shape index (κ3) is 3.45. The molecule has 0 atom stereocenters. The Hall–Kier alpha value is -1.68. The molecule has 0 saturated heterocycles. The summed E-state index contributed by atoms with van der Waals surface area (Å²) >= 11 is 3.36. The Bertz CT molecular complexity index is 636. The van der Waals surface area contributed by atoms with Gasteiger partial charge in [-0.05, 0) is 49.2 Å². The molecule has 2 aromatic carbocycles. The first-order valence-electron chi connectivity index (χ1n) is 6.15. The van der Waals surface area contributed by atoms with E-state index in [2.05, 4.69) is 15.9 Å². The summed E-state index contributed by atoms with van der Waals surface area (Å²) in [6.07, 6.45) is 0. The minimum absolute atomic E-state index is 0.213. The van der Waals surface area contributed by atoms with E-state index in [1.807, 2.05) is 24.3 Å². The number of carbonyl (C=O) groups excluding carboxylic acids is 1. The van der Waals surface area contributed by atoms with Crippen LogP contribution in [0.4, 0.5) is 4.39 Å². The van der Waals surface area contributed by atoms with Crippen molar-refractivity contribution in [2.45, 2.75) is 20.5 Å². The van der Waals surface area contributed by atoms with Crippen LogP contribution in [0.15, 0.2) is 40.9 Å². The van der Waals surface area contributed by atoms with Crippen molar-refractivity contribution in [1.29, 1.82) is 0 Å². The lowest BCUT2D eigenvalue weighted by Gasteiger charge is -2.11. The van der Waals surface area contributed by atoms with Crippen molar-refractivity contribution < 1.29 is 13.9 Å². The van der Waals surface area contributed by atoms with Crippen LogP contribution in [-0.4, -0.2) is 5.78 Å². The molecule has 2 aromatic rings. The molecule has 0 heterocycles. The topological polar surface area (TPSA) is 26.3 Å². The number of ether oxygens (including phenoxy) is 1. The molecule has 2 rings (SSSR count). The summed E-state index contributed by atoms with van der Waals surface area (Å²) in [5.41, 5.74) is 1.70. The van der Waals surface area contributed by atoms with E-state index >= 15 is 0 Å². The van der Waals surface area contributed by atoms with E-state index in [0.717, 1.165) is 10.0 Å². The third-order valence-corrected chi connectivity index (χ3v) is 3.48. The van der Waals surface area contributed by atoms with Crippen LogP contribution in [0.5, 0.6) is 5.75 Å². The molecule has 4 heteroatoms. The summed E-state index contributed by atoms with van der Waals surface area (Å²) in [4.78, 5) is 11.5. The van der Waals surface area contributed by atoms with Gasteiger partial charge in [-0.25, -0.2) is 4.39 Å². The van der Waals surface area contributed by atoms with E-state index in [0.29, 0.717) is 17.9 Å². The van der Waals surface area contributed by atoms with E-state index in [-0.39, 0.29) is 11.3 Å². The number of aryl methyl sites for hydroxylation is 1. The van der Waals surface area contributed by atoms with Gasteiger partial charge in [0.25, 0.3) is 0 Å². The lowest BCUT2D eigenvalue weighted by atomic mass is 10.1. The highest BCUT2D eigenvalue weighted by molar-refractivity contribution is 9.10. The van der Waals surface area contributed by atoms with E-state index in [1.165, 1.54) is 13.0 Å². The molecule has 0 aromatic heterocycles. The maximum Gasteiger partial charge on any atom is 0.163 e. The van der Waals surface area contributed by atoms with Crippen LogP contribution in [0, 0.1) is 12.7 Å². The maximum absolute atomic E-state index is 13.5. The summed E-state index contributed by atoms with van der Waals surface area (Å²) in [6, 6.07) is 10.5. The number of ketones is 1. The fraction of sp³-hybridized carbons (Fsp3) is 0.188. The fourth-order valence-electron chi connectivity index (χ4n) is 1.79. The predicted molar refractivity (Wildman–Crippen MR) is 79.6 cm³/mol. The first-order chi connectivity index (χ1) is 9.47. The van der Waals surface area contributed by atoms with Gasteiger partial charge in [0.05, 0.1) is 5.56 Å². The molecule has 104 valence electrons. The average Bonchev–Trinajstić information content (AvgIpc) is 2.41. The molecule has 0 amide bonds. The monoisotopic (exact) mass is 336 g/mol. The van der Waals surface area contributed by atoms with Gasteiger partial charge in [0, 0.05) is 4.47 Å². The van der Waals surface area contributed by atoms with E-state index in [4.69, 9.17) is 4.74 Å². The molecule has 0 aliphatic rings. The van der Waals surface area contributed by atoms with E-state index in [9.17, 15) is 9.18 Å². The predicted octanol–water partition coefficient (Wildman–Crippen LogP) is 4.68. The first-order valence-corrected chi connectivity index (χ1v) is 6.95. The molecule has 20 heavy (non-hydrogen) atoms. The highest BCUT2D eigenvalue weighted by Gasteiger charge is 2.12. The summed E-state index contributed by atoms with van der Waals surface area (Å²) < 4.78 is 20.2. The Kier molecular flexibility index (Phi) is 4.55. The Morgan fingerprint density at radius 1 is 1.25 bits per heavy atom. The van der Waals surface area contributed by atoms with Gasteiger partial charge in [-0.2, -0.15) is 0 Å². The average molecular weight is 337 g/mol. The van der Waals surface area contributed by atoms with Crippen LogP contribution >= 0.6 is 15.9 Å². The number of rotatable bonds is 4. The molecular weight excluding hydrogens is 323 g/mol. The Morgan fingerprint density at radius 2 is 1.90 bits per heavy atom. The number of halogens is 2. The van der Waals surface area contributed by atoms with Crippen molar-refractivity contribution in [2.24, 2.45) is 0 Å². The number of carbonyl (C=O) groups is 1. The molecule has 0 aliphatic carbocycles. The van der Waals surface area contributed by atoms with E-state index in [1.54, 1.807) is 13.0 Å². The highest BCUT2D eigenvalue weighted by atomic mass is 79.9. The zero-order valence-electron chi connectivity index (χ0n) is 11.2. The van der Waals surface area contributed by atoms with Crippen LogP contribution in [0.2, 0.25) is 0 Å². The molecular formula is C16H14BrFO2. The van der Waals surface area contributed by atoms with Crippen molar-refractivity contribution in [3.05, 3.63) is 63.4 Å². The zero-order chi connectivity index (χ0) is 14.7. The highest BCUT2D eigenvalue weighted by Crippen LogP contribution is 2.24. The summed E-state index contributed by atoms with van der Waals surface area (Å²) in [5, 5.41) is 0. The van der Waals surface area contributed by atoms with Crippen molar-refractivity contribution in [3.63, 3.8) is 0 Å². The largest absolute Gasteiger partial charge is 0.488 e. The van der Waals surface area contributed by atoms with Crippen LogP contribution in [0.1, 0.15) is 28.4 Å². The molecule has 0 fully saturated rings. The van der Waals surface area contributed by atoms with Gasteiger partial charge >= 0.3 is 0 Å². The molecule has 0 saturated carbocycles. The van der Waals surface area contributed by atoms with Gasteiger partial charge in [0.15, 0.2) is 5.78 Å². The molecule has 2 nitrogen and oxygen atoms in total. The molecule has 0 unspecified atom stereocenters. The molecule has 0 aliphatic heterocycles. The minimum atomic E-state index is -0.397. The number of benzene rings is 2. The number of hydrogen-bond donors (Lipinski definition) is 0. The van der Waals surface area contributed by atoms with E-state index < -0.39 is 5.82 Å². The second-order valence-corrected chi connectivity index (χ2v) is 5.48. The van der Waals surface area contributed by atoms with Gasteiger partial charge in [-0.15, -0.1) is 0 Å². The van der Waals surface area contributed by atoms with Gasteiger partial charge in [0.2, 0.25) is 0 Å². The standard InChI is InChI=1S/C16H14BrFO2/c1-10-7-16(14(11(2)19)8-15(10)18)20-9-12-3-5-13(17)6-4-12/h3-8H,9H2,1-2H3. The number of hydrogen-bond acceptors (Lipinski definition) is 2. The van der Waals surface area contributed by atoms with Crippen LogP contribution in [-0.2, 0) is 6.61 Å². The Morgan fingerprint density at radius 3 is 2.50 bits per heavy atom. The van der Waals surface area contributed by atoms with Crippen molar-refractivity contribution in [1.82, 2.24) is 0 Å². The second-order valence-electron chi connectivity index (χ2n) is 4.57. The second kappa shape index (κ2) is 6.18. The van der Waals surface area contributed by atoms with Crippen LogP contribution < -0.4 is 4.74 Å². The molecule has 0 spiro atoms.